The minimum atomic E-state index is -0.513. The zero-order chi connectivity index (χ0) is 20.9. The summed E-state index contributed by atoms with van der Waals surface area (Å²) in [4.78, 5) is 26.1. The topological polar surface area (TPSA) is 68.5 Å². The summed E-state index contributed by atoms with van der Waals surface area (Å²) in [6.45, 7) is 3.37. The van der Waals surface area contributed by atoms with Crippen LogP contribution >= 0.6 is 0 Å². The third-order valence-electron chi connectivity index (χ3n) is 7.22. The van der Waals surface area contributed by atoms with Gasteiger partial charge in [-0.3, -0.25) is 9.59 Å². The number of nitrogens with one attached hydrogen (secondary N) is 1. The van der Waals surface area contributed by atoms with Crippen LogP contribution in [0.15, 0.2) is 41.0 Å². The van der Waals surface area contributed by atoms with Crippen LogP contribution in [-0.4, -0.2) is 31.8 Å². The molecule has 2 saturated carbocycles. The van der Waals surface area contributed by atoms with E-state index in [-0.39, 0.29) is 23.4 Å². The van der Waals surface area contributed by atoms with Crippen molar-refractivity contribution >= 4 is 33.3 Å². The van der Waals surface area contributed by atoms with E-state index in [1.54, 1.807) is 6.26 Å². The van der Waals surface area contributed by atoms with Crippen LogP contribution < -0.4 is 10.1 Å². The number of ketones is 2. The molecule has 3 aromatic rings. The van der Waals surface area contributed by atoms with Crippen molar-refractivity contribution in [3.8, 4) is 5.75 Å². The van der Waals surface area contributed by atoms with E-state index in [0.29, 0.717) is 19.4 Å². The lowest BCUT2D eigenvalue weighted by molar-refractivity contribution is -0.145. The van der Waals surface area contributed by atoms with E-state index in [4.69, 9.17) is 9.15 Å². The molecule has 0 spiro atoms. The van der Waals surface area contributed by atoms with Crippen molar-refractivity contribution in [2.24, 2.45) is 11.3 Å². The molecule has 1 heterocycles. The average molecular weight is 405 g/mol. The summed E-state index contributed by atoms with van der Waals surface area (Å²) in [6, 6.07) is 10.0. The molecule has 0 radical (unpaired) electrons. The van der Waals surface area contributed by atoms with Gasteiger partial charge in [0.15, 0.2) is 0 Å². The van der Waals surface area contributed by atoms with Crippen LogP contribution in [0.2, 0.25) is 0 Å². The molecule has 30 heavy (non-hydrogen) atoms. The van der Waals surface area contributed by atoms with Gasteiger partial charge in [0.05, 0.1) is 6.26 Å². The van der Waals surface area contributed by atoms with E-state index in [2.05, 4.69) is 5.32 Å². The number of furan rings is 1. The lowest BCUT2D eigenvalue weighted by Gasteiger charge is -2.44. The zero-order valence-corrected chi connectivity index (χ0v) is 17.5. The number of hydrogen-bond donors (Lipinski definition) is 1. The van der Waals surface area contributed by atoms with Gasteiger partial charge in [-0.1, -0.05) is 13.0 Å². The molecule has 156 valence electrons. The molecule has 3 unspecified atom stereocenters. The second kappa shape index (κ2) is 7.24. The fourth-order valence-corrected chi connectivity index (χ4v) is 5.31. The van der Waals surface area contributed by atoms with Gasteiger partial charge < -0.3 is 14.5 Å². The first-order valence-corrected chi connectivity index (χ1v) is 10.8. The lowest BCUT2D eigenvalue weighted by Crippen LogP contribution is -2.47. The molecule has 2 aliphatic rings. The van der Waals surface area contributed by atoms with Gasteiger partial charge in [0, 0.05) is 41.2 Å². The maximum atomic E-state index is 13.5. The minimum absolute atomic E-state index is 0.0952. The molecule has 3 atom stereocenters. The van der Waals surface area contributed by atoms with Crippen molar-refractivity contribution in [3.63, 3.8) is 0 Å². The van der Waals surface area contributed by atoms with Gasteiger partial charge in [-0.25, -0.2) is 0 Å². The van der Waals surface area contributed by atoms with Gasteiger partial charge in [-0.05, 0) is 61.3 Å². The number of likely N-dealkylation sites (N-methyl/N-ethyl adjacent to an activating group) is 1. The molecule has 2 aliphatic carbocycles. The highest BCUT2D eigenvalue weighted by Gasteiger charge is 2.55. The van der Waals surface area contributed by atoms with Crippen LogP contribution in [0.3, 0.4) is 0 Å². The summed E-state index contributed by atoms with van der Waals surface area (Å²) in [5.41, 5.74) is 1.19. The summed E-state index contributed by atoms with van der Waals surface area (Å²) in [7, 11) is 1.90. The summed E-state index contributed by atoms with van der Waals surface area (Å²) >= 11 is 0. The van der Waals surface area contributed by atoms with Gasteiger partial charge in [-0.15, -0.1) is 0 Å². The zero-order valence-electron chi connectivity index (χ0n) is 17.5. The quantitative estimate of drug-likeness (QED) is 0.628. The van der Waals surface area contributed by atoms with Crippen molar-refractivity contribution in [1.82, 2.24) is 5.32 Å². The molecule has 5 heteroatoms. The SMILES string of the molecule is CNCCOc1ccc2c(ccc3occ(C4CCC(=O)C5CCC5(C)C4=O)c32)c1. The predicted molar refractivity (Wildman–Crippen MR) is 116 cm³/mol. The van der Waals surface area contributed by atoms with Crippen molar-refractivity contribution in [1.29, 1.82) is 0 Å². The standard InChI is InChI=1S/C25H27NO4/c1-25-10-9-20(25)21(27)7-6-18(24(25)28)19-14-30-22-8-3-15-13-16(29-12-11-26-2)4-5-17(15)23(19)22/h3-5,8,13-14,18,20,26H,6-7,9-12H2,1-2H3. The lowest BCUT2D eigenvalue weighted by atomic mass is 9.56. The van der Waals surface area contributed by atoms with Crippen molar-refractivity contribution in [2.75, 3.05) is 20.2 Å². The van der Waals surface area contributed by atoms with Gasteiger partial charge in [0.25, 0.3) is 0 Å². The Balaban J connectivity index is 1.57. The first kappa shape index (κ1) is 19.3. The van der Waals surface area contributed by atoms with Gasteiger partial charge in [0.2, 0.25) is 0 Å². The molecule has 5 rings (SSSR count). The molecule has 5 nitrogen and oxygen atoms in total. The smallest absolute Gasteiger partial charge is 0.147 e. The van der Waals surface area contributed by atoms with E-state index >= 15 is 0 Å². The first-order valence-electron chi connectivity index (χ1n) is 10.8. The van der Waals surface area contributed by atoms with E-state index in [0.717, 1.165) is 52.4 Å². The van der Waals surface area contributed by atoms with Crippen LogP contribution in [0.1, 0.15) is 44.1 Å². The number of ether oxygens (including phenoxy) is 1. The monoisotopic (exact) mass is 405 g/mol. The molecular weight excluding hydrogens is 378 g/mol. The maximum Gasteiger partial charge on any atom is 0.147 e. The van der Waals surface area contributed by atoms with Crippen LogP contribution in [-0.2, 0) is 9.59 Å². The molecule has 1 aromatic heterocycles. The van der Waals surface area contributed by atoms with Crippen LogP contribution in [0.25, 0.3) is 21.7 Å². The number of carbonyl (C=O) groups excluding carboxylic acids is 2. The normalized spacial score (nSPS) is 26.5. The highest BCUT2D eigenvalue weighted by molar-refractivity contribution is 6.10. The maximum absolute atomic E-state index is 13.5. The Kier molecular flexibility index (Phi) is 4.66. The summed E-state index contributed by atoms with van der Waals surface area (Å²) in [5.74, 6) is 0.893. The van der Waals surface area contributed by atoms with Crippen LogP contribution in [0.5, 0.6) is 5.75 Å². The van der Waals surface area contributed by atoms with Crippen LogP contribution in [0, 0.1) is 11.3 Å². The Bertz CT molecular complexity index is 1150. The number of carbonyl (C=O) groups is 2. The number of rotatable bonds is 5. The average Bonchev–Trinajstić information content (AvgIpc) is 3.14. The number of benzene rings is 2. The number of Topliss-reactive ketones (excluding diaryl/α,β-unsaturated/α-hetero) is 2. The fourth-order valence-electron chi connectivity index (χ4n) is 5.31. The van der Waals surface area contributed by atoms with E-state index in [9.17, 15) is 9.59 Å². The fraction of sp³-hybridized carbons (Fsp3) is 0.440. The Hall–Kier alpha value is -2.66. The molecule has 0 bridgehead atoms. The van der Waals surface area contributed by atoms with Gasteiger partial charge in [-0.2, -0.15) is 0 Å². The second-order valence-electron chi connectivity index (χ2n) is 8.90. The third kappa shape index (κ3) is 2.87. The third-order valence-corrected chi connectivity index (χ3v) is 7.22. The van der Waals surface area contributed by atoms with Gasteiger partial charge >= 0.3 is 0 Å². The summed E-state index contributed by atoms with van der Waals surface area (Å²) < 4.78 is 11.7. The molecule has 2 fully saturated rings. The van der Waals surface area contributed by atoms with Crippen molar-refractivity contribution in [2.45, 2.75) is 38.5 Å². The Labute approximate surface area is 175 Å². The van der Waals surface area contributed by atoms with Crippen molar-refractivity contribution in [3.05, 3.63) is 42.2 Å². The Morgan fingerprint density at radius 2 is 2.07 bits per heavy atom. The van der Waals surface area contributed by atoms with E-state index in [1.807, 2.05) is 44.3 Å². The highest BCUT2D eigenvalue weighted by Crippen LogP contribution is 2.54. The molecule has 0 aliphatic heterocycles. The molecule has 2 aromatic carbocycles. The van der Waals surface area contributed by atoms with E-state index < -0.39 is 5.41 Å². The largest absolute Gasteiger partial charge is 0.492 e. The minimum Gasteiger partial charge on any atom is -0.492 e. The van der Waals surface area contributed by atoms with Crippen molar-refractivity contribution < 1.29 is 18.7 Å². The first-order chi connectivity index (χ1) is 14.5. The Morgan fingerprint density at radius 1 is 1.20 bits per heavy atom. The molecule has 1 N–H and O–H groups in total. The Morgan fingerprint density at radius 3 is 2.83 bits per heavy atom. The summed E-state index contributed by atoms with van der Waals surface area (Å²) in [6.07, 6.45) is 4.43. The number of fused-ring (bicyclic) bond motifs is 4. The predicted octanol–water partition coefficient (Wildman–Crippen LogP) is 4.62. The molecule has 0 saturated heterocycles. The van der Waals surface area contributed by atoms with E-state index in [1.165, 1.54) is 0 Å². The second-order valence-corrected chi connectivity index (χ2v) is 8.90. The van der Waals surface area contributed by atoms with Gasteiger partial charge in [0.1, 0.15) is 29.5 Å². The molecular formula is C25H27NO4. The number of hydrogen-bond acceptors (Lipinski definition) is 5. The molecule has 0 amide bonds. The highest BCUT2D eigenvalue weighted by atomic mass is 16.5. The van der Waals surface area contributed by atoms with Crippen LogP contribution in [0.4, 0.5) is 0 Å². The summed E-state index contributed by atoms with van der Waals surface area (Å²) in [5, 5.41) is 6.17.